The molecule has 1 N–H and O–H groups in total. The zero-order valence-corrected chi connectivity index (χ0v) is 15.2. The summed E-state index contributed by atoms with van der Waals surface area (Å²) in [4.78, 5) is 2.48. The Balaban J connectivity index is 0.00000400. The van der Waals surface area contributed by atoms with Gasteiger partial charge in [-0.25, -0.2) is 13.1 Å². The highest BCUT2D eigenvalue weighted by Gasteiger charge is 2.16. The van der Waals surface area contributed by atoms with E-state index in [0.717, 1.165) is 0 Å². The first-order valence-corrected chi connectivity index (χ1v) is 8.61. The predicted octanol–water partition coefficient (Wildman–Crippen LogP) is 3.16. The molecule has 0 fully saturated rings. The van der Waals surface area contributed by atoms with E-state index in [9.17, 15) is 8.42 Å². The first-order valence-electron chi connectivity index (χ1n) is 6.75. The number of halogens is 2. The molecule has 0 saturated heterocycles. The van der Waals surface area contributed by atoms with Crippen LogP contribution in [0.25, 0.3) is 0 Å². The summed E-state index contributed by atoms with van der Waals surface area (Å²) in [5.74, 6) is 0. The van der Waals surface area contributed by atoms with Crippen molar-refractivity contribution < 1.29 is 8.42 Å². The van der Waals surface area contributed by atoms with Gasteiger partial charge in [-0.3, -0.25) is 4.90 Å². The Labute approximate surface area is 139 Å². The van der Waals surface area contributed by atoms with Gasteiger partial charge in [-0.1, -0.05) is 11.6 Å². The summed E-state index contributed by atoms with van der Waals surface area (Å²) in [7, 11) is -3.46. The zero-order chi connectivity index (χ0) is 15.3. The molecule has 4 nitrogen and oxygen atoms in total. The second-order valence-corrected chi connectivity index (χ2v) is 7.48. The molecular weight excluding hydrogens is 331 g/mol. The van der Waals surface area contributed by atoms with Crippen LogP contribution >= 0.6 is 24.0 Å². The summed E-state index contributed by atoms with van der Waals surface area (Å²) in [5.41, 5.74) is 0. The largest absolute Gasteiger partial charge is 0.297 e. The molecule has 0 radical (unpaired) electrons. The third-order valence-electron chi connectivity index (χ3n) is 3.11. The molecule has 0 spiro atoms. The van der Waals surface area contributed by atoms with Gasteiger partial charge in [0.25, 0.3) is 0 Å². The van der Waals surface area contributed by atoms with Crippen LogP contribution in [0.3, 0.4) is 0 Å². The third-order valence-corrected chi connectivity index (χ3v) is 4.84. The topological polar surface area (TPSA) is 49.4 Å². The Hall–Kier alpha value is -0.330. The van der Waals surface area contributed by atoms with Crippen LogP contribution in [-0.2, 0) is 10.0 Å². The first kappa shape index (κ1) is 20.7. The summed E-state index contributed by atoms with van der Waals surface area (Å²) < 4.78 is 26.8. The van der Waals surface area contributed by atoms with Crippen molar-refractivity contribution in [2.45, 2.75) is 44.7 Å². The third kappa shape index (κ3) is 6.53. The quantitative estimate of drug-likeness (QED) is 0.817. The van der Waals surface area contributed by atoms with Gasteiger partial charge in [0.05, 0.1) is 4.90 Å². The van der Waals surface area contributed by atoms with Gasteiger partial charge in [0.2, 0.25) is 10.0 Å². The van der Waals surface area contributed by atoms with E-state index in [-0.39, 0.29) is 17.3 Å². The van der Waals surface area contributed by atoms with E-state index in [1.807, 2.05) is 0 Å². The van der Waals surface area contributed by atoms with E-state index in [0.29, 0.717) is 30.2 Å². The molecule has 122 valence electrons. The molecule has 1 rings (SSSR count). The van der Waals surface area contributed by atoms with E-state index >= 15 is 0 Å². The summed E-state index contributed by atoms with van der Waals surface area (Å²) in [6.07, 6.45) is 0. The monoisotopic (exact) mass is 354 g/mol. The van der Waals surface area contributed by atoms with Crippen LogP contribution in [-0.4, -0.2) is 38.5 Å². The molecule has 0 bridgehead atoms. The lowest BCUT2D eigenvalue weighted by molar-refractivity contribution is 0.179. The lowest BCUT2D eigenvalue weighted by atomic mass is 10.2. The zero-order valence-electron chi connectivity index (χ0n) is 12.8. The van der Waals surface area contributed by atoms with Gasteiger partial charge in [-0.05, 0) is 52.0 Å². The molecule has 1 aromatic rings. The van der Waals surface area contributed by atoms with Gasteiger partial charge in [0, 0.05) is 30.2 Å². The van der Waals surface area contributed by atoms with Crippen molar-refractivity contribution in [3.05, 3.63) is 29.3 Å². The van der Waals surface area contributed by atoms with Gasteiger partial charge in [-0.15, -0.1) is 12.4 Å². The molecule has 1 aromatic carbocycles. The molecular formula is C14H24Cl2N2O2S. The number of hydrogen-bond donors (Lipinski definition) is 1. The minimum Gasteiger partial charge on any atom is -0.297 e. The highest BCUT2D eigenvalue weighted by atomic mass is 35.5. The summed E-state index contributed by atoms with van der Waals surface area (Å²) in [6.45, 7) is 9.49. The molecule has 0 aliphatic heterocycles. The Bertz CT molecular complexity index is 508. The number of nitrogens with zero attached hydrogens (tertiary/aromatic N) is 1. The lowest BCUT2D eigenvalue weighted by Gasteiger charge is -2.30. The maximum atomic E-state index is 12.1. The average Bonchev–Trinajstić information content (AvgIpc) is 2.34. The number of nitrogens with one attached hydrogen (secondary N) is 1. The van der Waals surface area contributed by atoms with Crippen molar-refractivity contribution in [1.29, 1.82) is 0 Å². The highest BCUT2D eigenvalue weighted by Crippen LogP contribution is 2.13. The van der Waals surface area contributed by atoms with Gasteiger partial charge in [0.15, 0.2) is 0 Å². The van der Waals surface area contributed by atoms with Crippen molar-refractivity contribution in [2.75, 3.05) is 13.1 Å². The summed E-state index contributed by atoms with van der Waals surface area (Å²) >= 11 is 5.76. The molecule has 0 unspecified atom stereocenters. The minimum atomic E-state index is -3.46. The Morgan fingerprint density at radius 3 is 2.00 bits per heavy atom. The Morgan fingerprint density at radius 1 is 1.10 bits per heavy atom. The van der Waals surface area contributed by atoms with Crippen LogP contribution in [0.1, 0.15) is 27.7 Å². The van der Waals surface area contributed by atoms with Crippen LogP contribution in [0.15, 0.2) is 29.2 Å². The molecule has 0 aliphatic carbocycles. The van der Waals surface area contributed by atoms with Crippen molar-refractivity contribution in [3.8, 4) is 0 Å². The van der Waals surface area contributed by atoms with E-state index in [1.165, 1.54) is 12.1 Å². The van der Waals surface area contributed by atoms with E-state index in [1.54, 1.807) is 12.1 Å². The second-order valence-electron chi connectivity index (χ2n) is 5.28. The molecule has 0 atom stereocenters. The number of benzene rings is 1. The molecule has 0 amide bonds. The maximum absolute atomic E-state index is 12.1. The molecule has 0 aromatic heterocycles. The van der Waals surface area contributed by atoms with Gasteiger partial charge >= 0.3 is 0 Å². The van der Waals surface area contributed by atoms with Gasteiger partial charge < -0.3 is 0 Å². The highest BCUT2D eigenvalue weighted by molar-refractivity contribution is 7.89. The van der Waals surface area contributed by atoms with E-state index in [4.69, 9.17) is 11.6 Å². The maximum Gasteiger partial charge on any atom is 0.240 e. The number of sulfonamides is 1. The second kappa shape index (κ2) is 8.96. The fourth-order valence-corrected chi connectivity index (χ4v) is 3.27. The summed E-state index contributed by atoms with van der Waals surface area (Å²) in [6, 6.07) is 6.93. The SMILES string of the molecule is CC(C)N(CCNS(=O)(=O)c1ccc(Cl)cc1)C(C)C.Cl. The van der Waals surface area contributed by atoms with Crippen molar-refractivity contribution >= 4 is 34.0 Å². The summed E-state index contributed by atoms with van der Waals surface area (Å²) in [5, 5.41) is 0.523. The smallest absolute Gasteiger partial charge is 0.240 e. The van der Waals surface area contributed by atoms with Crippen molar-refractivity contribution in [2.24, 2.45) is 0 Å². The minimum absolute atomic E-state index is 0. The standard InChI is InChI=1S/C14H23ClN2O2S.ClH/c1-11(2)17(12(3)4)10-9-16-20(18,19)14-7-5-13(15)6-8-14;/h5-8,11-12,16H,9-10H2,1-4H3;1H. The first-order chi connectivity index (χ1) is 9.24. The van der Waals surface area contributed by atoms with Crippen LogP contribution < -0.4 is 4.72 Å². The van der Waals surface area contributed by atoms with Crippen LogP contribution in [0.2, 0.25) is 5.02 Å². The van der Waals surface area contributed by atoms with Crippen LogP contribution in [0, 0.1) is 0 Å². The van der Waals surface area contributed by atoms with Crippen LogP contribution in [0.4, 0.5) is 0 Å². The number of hydrogen-bond acceptors (Lipinski definition) is 3. The van der Waals surface area contributed by atoms with E-state index in [2.05, 4.69) is 37.3 Å². The Morgan fingerprint density at radius 2 is 1.57 bits per heavy atom. The molecule has 0 heterocycles. The van der Waals surface area contributed by atoms with Crippen LogP contribution in [0.5, 0.6) is 0 Å². The van der Waals surface area contributed by atoms with E-state index < -0.39 is 10.0 Å². The Kier molecular flexibility index (Phi) is 8.81. The van der Waals surface area contributed by atoms with Gasteiger partial charge in [0.1, 0.15) is 0 Å². The predicted molar refractivity (Wildman–Crippen MR) is 90.9 cm³/mol. The lowest BCUT2D eigenvalue weighted by Crippen LogP contribution is -2.42. The van der Waals surface area contributed by atoms with Crippen molar-refractivity contribution in [3.63, 3.8) is 0 Å². The fraction of sp³-hybridized carbons (Fsp3) is 0.571. The molecule has 0 aliphatic rings. The number of rotatable bonds is 7. The normalized spacial score (nSPS) is 12.0. The van der Waals surface area contributed by atoms with Gasteiger partial charge in [-0.2, -0.15) is 0 Å². The fourth-order valence-electron chi connectivity index (χ4n) is 2.12. The molecule has 0 saturated carbocycles. The molecule has 21 heavy (non-hydrogen) atoms. The average molecular weight is 355 g/mol. The van der Waals surface area contributed by atoms with Crippen molar-refractivity contribution in [1.82, 2.24) is 9.62 Å². The molecule has 7 heteroatoms.